The van der Waals surface area contributed by atoms with Gasteiger partial charge in [0.25, 0.3) is 0 Å². The third kappa shape index (κ3) is 5.46. The van der Waals surface area contributed by atoms with Gasteiger partial charge in [-0.25, -0.2) is 0 Å². The Labute approximate surface area is 158 Å². The second kappa shape index (κ2) is 9.59. The van der Waals surface area contributed by atoms with E-state index in [1.54, 1.807) is 0 Å². The number of ketones is 2. The van der Waals surface area contributed by atoms with E-state index in [9.17, 15) is 9.59 Å². The van der Waals surface area contributed by atoms with Crippen molar-refractivity contribution in [3.63, 3.8) is 0 Å². The summed E-state index contributed by atoms with van der Waals surface area (Å²) in [7, 11) is 0. The van der Waals surface area contributed by atoms with Crippen molar-refractivity contribution in [3.05, 3.63) is 22.7 Å². The zero-order chi connectivity index (χ0) is 18.4. The molecular weight excluding hydrogens is 368 g/mol. The van der Waals surface area contributed by atoms with Gasteiger partial charge in [-0.3, -0.25) is 0 Å². The quantitative estimate of drug-likeness (QED) is 0.538. The van der Waals surface area contributed by atoms with E-state index >= 15 is 0 Å². The molecule has 2 aliphatic rings. The molecule has 0 amide bonds. The van der Waals surface area contributed by atoms with Crippen molar-refractivity contribution in [2.75, 3.05) is 0 Å². The van der Waals surface area contributed by atoms with E-state index in [-0.39, 0.29) is 23.4 Å². The molecule has 0 bridgehead atoms. The van der Waals surface area contributed by atoms with Crippen LogP contribution >= 0.6 is 0 Å². The summed E-state index contributed by atoms with van der Waals surface area (Å²) >= 11 is 1.01. The van der Waals surface area contributed by atoms with Crippen LogP contribution in [0.25, 0.3) is 0 Å². The van der Waals surface area contributed by atoms with Gasteiger partial charge >= 0.3 is 158 Å². The van der Waals surface area contributed by atoms with Crippen LogP contribution in [0.1, 0.15) is 79.1 Å². The van der Waals surface area contributed by atoms with E-state index in [1.807, 2.05) is 27.7 Å². The number of rotatable bonds is 8. The minimum atomic E-state index is -0.0207. The first-order valence-corrected chi connectivity index (χ1v) is 10.1. The van der Waals surface area contributed by atoms with Gasteiger partial charge in [0.1, 0.15) is 0 Å². The molecule has 0 spiro atoms. The number of Topliss-reactive ketones (excluding diaryl/α,β-unsaturated/α-hetero) is 2. The fraction of sp³-hybridized carbons (Fsp3) is 0.700. The Morgan fingerprint density at radius 3 is 1.44 bits per heavy atom. The third-order valence-electron chi connectivity index (χ3n) is 4.68. The first kappa shape index (κ1) is 20.3. The van der Waals surface area contributed by atoms with Crippen molar-refractivity contribution in [3.8, 4) is 0 Å². The van der Waals surface area contributed by atoms with Crippen LogP contribution in [0, 0.1) is 11.8 Å². The molecule has 25 heavy (non-hydrogen) atoms. The molecule has 0 saturated heterocycles. The summed E-state index contributed by atoms with van der Waals surface area (Å²) in [5.74, 6) is 1.79. The van der Waals surface area contributed by atoms with Gasteiger partial charge in [-0.15, -0.1) is 0 Å². The predicted molar refractivity (Wildman–Crippen MR) is 92.8 cm³/mol. The Morgan fingerprint density at radius 1 is 0.720 bits per heavy atom. The summed E-state index contributed by atoms with van der Waals surface area (Å²) in [6.45, 7) is 7.67. The van der Waals surface area contributed by atoms with Crippen molar-refractivity contribution in [1.82, 2.24) is 0 Å². The first-order chi connectivity index (χ1) is 11.9. The van der Waals surface area contributed by atoms with Crippen LogP contribution in [-0.2, 0) is 32.8 Å². The molecule has 145 valence electrons. The fourth-order valence-electron chi connectivity index (χ4n) is 3.18. The van der Waals surface area contributed by atoms with Gasteiger partial charge in [-0.1, -0.05) is 0 Å². The molecule has 0 aromatic carbocycles. The normalized spacial score (nSPS) is 19.0. The van der Waals surface area contributed by atoms with E-state index in [0.29, 0.717) is 0 Å². The van der Waals surface area contributed by atoms with Crippen LogP contribution in [-0.4, -0.2) is 11.6 Å². The average Bonchev–Trinajstić information content (AvgIpc) is 2.61. The molecule has 2 rings (SSSR count). The van der Waals surface area contributed by atoms with Gasteiger partial charge in [-0.2, -0.15) is 0 Å². The summed E-state index contributed by atoms with van der Waals surface area (Å²) in [6.07, 6.45) is 7.24. The van der Waals surface area contributed by atoms with Crippen LogP contribution < -0.4 is 0 Å². The average molecular weight is 398 g/mol. The minimum absolute atomic E-state index is 0.0207. The summed E-state index contributed by atoms with van der Waals surface area (Å²) in [6, 6.07) is 0. The van der Waals surface area contributed by atoms with Crippen LogP contribution in [0.15, 0.2) is 22.7 Å². The molecule has 0 radical (unpaired) electrons. The number of allylic oxidation sites excluding steroid dienone is 4. The van der Waals surface area contributed by atoms with Crippen LogP contribution in [0.3, 0.4) is 0 Å². The molecule has 5 heteroatoms. The summed E-state index contributed by atoms with van der Waals surface area (Å²) in [5, 5.41) is 0. The first-order valence-electron chi connectivity index (χ1n) is 9.36. The Morgan fingerprint density at radius 2 is 1.08 bits per heavy atom. The van der Waals surface area contributed by atoms with E-state index < -0.39 is 0 Å². The van der Waals surface area contributed by atoms with Gasteiger partial charge < -0.3 is 0 Å². The fourth-order valence-corrected chi connectivity index (χ4v) is 3.84. The molecule has 0 aromatic heterocycles. The molecule has 0 atom stereocenters. The molecule has 0 aromatic rings. The number of carbonyl (C=O) groups is 2. The molecule has 0 fully saturated rings. The molecule has 0 N–H and O–H groups in total. The summed E-state index contributed by atoms with van der Waals surface area (Å²) in [5.41, 5.74) is 1.62. The molecule has 0 aliphatic heterocycles. The van der Waals surface area contributed by atoms with Gasteiger partial charge in [0.05, 0.1) is 0 Å². The zero-order valence-electron chi connectivity index (χ0n) is 15.7. The molecular formula is C20H30CuO4. The Balaban J connectivity index is 2.04. The monoisotopic (exact) mass is 397 g/mol. The molecule has 2 aliphatic carbocycles. The topological polar surface area (TPSA) is 52.6 Å². The Bertz CT molecular complexity index is 522. The second-order valence-electron chi connectivity index (χ2n) is 7.43. The molecule has 0 heterocycles. The third-order valence-corrected chi connectivity index (χ3v) is 5.30. The molecule has 0 saturated carbocycles. The van der Waals surface area contributed by atoms with E-state index in [4.69, 9.17) is 7.64 Å². The van der Waals surface area contributed by atoms with Crippen LogP contribution in [0.4, 0.5) is 0 Å². The SMILES string of the molecule is CC(C)C(=O)C1=C([O][Cu][O]C2=C(C(=O)C(C)C)CCCC2)CCCC1. The number of carbonyl (C=O) groups excluding carboxylic acids is 2. The van der Waals surface area contributed by atoms with E-state index in [2.05, 4.69) is 0 Å². The van der Waals surface area contributed by atoms with E-state index in [1.165, 1.54) is 0 Å². The van der Waals surface area contributed by atoms with Gasteiger partial charge in [0.2, 0.25) is 0 Å². The molecule has 0 unspecified atom stereocenters. The van der Waals surface area contributed by atoms with Gasteiger partial charge in [0.15, 0.2) is 0 Å². The summed E-state index contributed by atoms with van der Waals surface area (Å²) in [4.78, 5) is 24.7. The van der Waals surface area contributed by atoms with Crippen molar-refractivity contribution < 1.29 is 32.8 Å². The van der Waals surface area contributed by atoms with Gasteiger partial charge in [-0.05, 0) is 0 Å². The Hall–Kier alpha value is -1.06. The number of hydrogen-bond donors (Lipinski definition) is 0. The van der Waals surface area contributed by atoms with E-state index in [0.717, 1.165) is 89.6 Å². The standard InChI is InChI=1S/2C10H16O2.Cu/c2*1-7(2)10(12)8-5-3-4-6-9(8)11;/h2*7,11H,3-6H2,1-2H3;/q;;+2/p-2. The van der Waals surface area contributed by atoms with Crippen molar-refractivity contribution in [2.24, 2.45) is 11.8 Å². The predicted octanol–water partition coefficient (Wildman–Crippen LogP) is 5.04. The Kier molecular flexibility index (Phi) is 7.77. The summed E-state index contributed by atoms with van der Waals surface area (Å²) < 4.78 is 11.5. The second-order valence-corrected chi connectivity index (χ2v) is 7.97. The van der Waals surface area contributed by atoms with Gasteiger partial charge in [0, 0.05) is 0 Å². The zero-order valence-corrected chi connectivity index (χ0v) is 16.7. The molecule has 4 nitrogen and oxygen atoms in total. The maximum absolute atomic E-state index is 12.3. The van der Waals surface area contributed by atoms with Crippen molar-refractivity contribution in [2.45, 2.75) is 79.1 Å². The van der Waals surface area contributed by atoms with Crippen LogP contribution in [0.5, 0.6) is 0 Å². The maximum atomic E-state index is 12.3. The number of hydrogen-bond acceptors (Lipinski definition) is 4. The van der Waals surface area contributed by atoms with Crippen molar-refractivity contribution >= 4 is 11.6 Å². The van der Waals surface area contributed by atoms with Crippen LogP contribution in [0.2, 0.25) is 0 Å². The van der Waals surface area contributed by atoms with Crippen molar-refractivity contribution in [1.29, 1.82) is 0 Å².